The second-order valence-corrected chi connectivity index (χ2v) is 7.48. The number of amides is 1. The largest absolute Gasteiger partial charge is 0.351 e. The molecule has 25 heavy (non-hydrogen) atoms. The molecule has 1 fully saturated rings. The van der Waals surface area contributed by atoms with E-state index in [1.54, 1.807) is 0 Å². The Morgan fingerprint density at radius 3 is 2.20 bits per heavy atom. The van der Waals surface area contributed by atoms with Crippen LogP contribution in [0.25, 0.3) is 0 Å². The molecule has 0 radical (unpaired) electrons. The number of carbonyl (C=O) groups is 1. The molecule has 0 spiro atoms. The highest BCUT2D eigenvalue weighted by Crippen LogP contribution is 2.10. The Kier molecular flexibility index (Phi) is 7.88. The van der Waals surface area contributed by atoms with Crippen LogP contribution in [0.3, 0.4) is 0 Å². The molecule has 2 rings (SSSR count). The lowest BCUT2D eigenvalue weighted by molar-refractivity contribution is -0.122. The van der Waals surface area contributed by atoms with Crippen LogP contribution in [0.5, 0.6) is 0 Å². The van der Waals surface area contributed by atoms with Crippen LogP contribution in [0, 0.1) is 5.92 Å². The predicted octanol–water partition coefficient (Wildman–Crippen LogP) is 1.81. The fourth-order valence-electron chi connectivity index (χ4n) is 3.22. The molecule has 3 N–H and O–H groups in total. The molecule has 1 aliphatic heterocycles. The van der Waals surface area contributed by atoms with Gasteiger partial charge in [-0.2, -0.15) is 0 Å². The molecular weight excluding hydrogens is 312 g/mol. The second-order valence-electron chi connectivity index (χ2n) is 7.48. The molecule has 5 nitrogen and oxygen atoms in total. The van der Waals surface area contributed by atoms with Gasteiger partial charge in [0.15, 0.2) is 0 Å². The monoisotopic (exact) mass is 346 g/mol. The highest BCUT2D eigenvalue weighted by Gasteiger charge is 2.16. The van der Waals surface area contributed by atoms with Crippen LogP contribution in [-0.4, -0.2) is 54.5 Å². The SMILES string of the molecule is CCN1CCN(Cc2ccc(CNC(=O)[C@@H](N)CC(C)C)cc2)CC1. The molecule has 1 atom stereocenters. The average Bonchev–Trinajstić information content (AvgIpc) is 2.61. The maximum absolute atomic E-state index is 12.0. The number of carbonyl (C=O) groups excluding carboxylic acids is 1. The third kappa shape index (κ3) is 6.77. The summed E-state index contributed by atoms with van der Waals surface area (Å²) < 4.78 is 0. The first kappa shape index (κ1) is 19.9. The van der Waals surface area contributed by atoms with Gasteiger partial charge in [-0.15, -0.1) is 0 Å². The predicted molar refractivity (Wildman–Crippen MR) is 103 cm³/mol. The third-order valence-corrected chi connectivity index (χ3v) is 4.87. The van der Waals surface area contributed by atoms with E-state index in [4.69, 9.17) is 5.73 Å². The van der Waals surface area contributed by atoms with Crippen molar-refractivity contribution in [1.82, 2.24) is 15.1 Å². The van der Waals surface area contributed by atoms with Crippen LogP contribution >= 0.6 is 0 Å². The minimum Gasteiger partial charge on any atom is -0.351 e. The Morgan fingerprint density at radius 2 is 1.64 bits per heavy atom. The van der Waals surface area contributed by atoms with Crippen molar-refractivity contribution in [2.45, 2.75) is 46.3 Å². The number of nitrogens with two attached hydrogens (primary N) is 1. The lowest BCUT2D eigenvalue weighted by atomic mass is 10.0. The molecule has 5 heteroatoms. The van der Waals surface area contributed by atoms with Crippen LogP contribution in [0.2, 0.25) is 0 Å². The van der Waals surface area contributed by atoms with E-state index in [1.807, 2.05) is 0 Å². The average molecular weight is 347 g/mol. The Hall–Kier alpha value is -1.43. The van der Waals surface area contributed by atoms with Gasteiger partial charge in [0.1, 0.15) is 0 Å². The molecule has 1 aromatic carbocycles. The Labute approximate surface area is 152 Å². The zero-order valence-electron chi connectivity index (χ0n) is 16.0. The summed E-state index contributed by atoms with van der Waals surface area (Å²) in [5.74, 6) is 0.366. The summed E-state index contributed by atoms with van der Waals surface area (Å²) in [7, 11) is 0. The number of nitrogens with one attached hydrogen (secondary N) is 1. The number of rotatable bonds is 8. The van der Waals surface area contributed by atoms with Crippen molar-refractivity contribution >= 4 is 5.91 Å². The van der Waals surface area contributed by atoms with E-state index < -0.39 is 6.04 Å². The fourth-order valence-corrected chi connectivity index (χ4v) is 3.22. The molecule has 1 saturated heterocycles. The van der Waals surface area contributed by atoms with Gasteiger partial charge in [-0.3, -0.25) is 9.69 Å². The first-order valence-corrected chi connectivity index (χ1v) is 9.53. The number of hydrogen-bond donors (Lipinski definition) is 2. The van der Waals surface area contributed by atoms with Crippen LogP contribution in [0.4, 0.5) is 0 Å². The highest BCUT2D eigenvalue weighted by atomic mass is 16.2. The number of hydrogen-bond acceptors (Lipinski definition) is 4. The smallest absolute Gasteiger partial charge is 0.237 e. The summed E-state index contributed by atoms with van der Waals surface area (Å²) in [6, 6.07) is 8.13. The Morgan fingerprint density at radius 1 is 1.08 bits per heavy atom. The Bertz CT molecular complexity index is 521. The number of piperazine rings is 1. The topological polar surface area (TPSA) is 61.6 Å². The van der Waals surface area contributed by atoms with Gasteiger partial charge in [0.2, 0.25) is 5.91 Å². The Balaban J connectivity index is 1.75. The molecule has 1 heterocycles. The van der Waals surface area contributed by atoms with Gasteiger partial charge in [0, 0.05) is 39.3 Å². The molecule has 1 aliphatic rings. The summed E-state index contributed by atoms with van der Waals surface area (Å²) in [6.07, 6.45) is 0.718. The van der Waals surface area contributed by atoms with Crippen LogP contribution in [0.15, 0.2) is 24.3 Å². The standard InChI is InChI=1S/C20H34N4O/c1-4-23-9-11-24(12-10-23)15-18-7-5-17(6-8-18)14-22-20(25)19(21)13-16(2)3/h5-8,16,19H,4,9-15,21H2,1-3H3,(H,22,25)/t19-/m0/s1. The molecule has 0 aliphatic carbocycles. The number of benzene rings is 1. The summed E-state index contributed by atoms with van der Waals surface area (Å²) in [5, 5.41) is 2.94. The van der Waals surface area contributed by atoms with Gasteiger partial charge in [-0.25, -0.2) is 0 Å². The van der Waals surface area contributed by atoms with Gasteiger partial charge in [0.05, 0.1) is 6.04 Å². The van der Waals surface area contributed by atoms with Crippen molar-refractivity contribution in [2.75, 3.05) is 32.7 Å². The van der Waals surface area contributed by atoms with Gasteiger partial charge >= 0.3 is 0 Å². The first-order chi connectivity index (χ1) is 12.0. The van der Waals surface area contributed by atoms with Crippen molar-refractivity contribution in [3.63, 3.8) is 0 Å². The maximum atomic E-state index is 12.0. The van der Waals surface area contributed by atoms with E-state index in [9.17, 15) is 4.79 Å². The lowest BCUT2D eigenvalue weighted by Crippen LogP contribution is -2.45. The van der Waals surface area contributed by atoms with Crippen LogP contribution < -0.4 is 11.1 Å². The molecule has 1 amide bonds. The van der Waals surface area contributed by atoms with E-state index in [0.29, 0.717) is 12.5 Å². The van der Waals surface area contributed by atoms with E-state index in [1.165, 1.54) is 5.56 Å². The van der Waals surface area contributed by atoms with Gasteiger partial charge < -0.3 is 16.0 Å². The number of nitrogens with zero attached hydrogens (tertiary/aromatic N) is 2. The zero-order chi connectivity index (χ0) is 18.2. The minimum absolute atomic E-state index is 0.0634. The van der Waals surface area contributed by atoms with Crippen molar-refractivity contribution in [3.05, 3.63) is 35.4 Å². The summed E-state index contributed by atoms with van der Waals surface area (Å²) in [4.78, 5) is 17.0. The quantitative estimate of drug-likeness (QED) is 0.754. The molecule has 0 unspecified atom stereocenters. The molecular formula is C20H34N4O. The molecule has 0 saturated carbocycles. The van der Waals surface area contributed by atoms with Gasteiger partial charge in [-0.1, -0.05) is 45.0 Å². The molecule has 0 aromatic heterocycles. The third-order valence-electron chi connectivity index (χ3n) is 4.87. The van der Waals surface area contributed by atoms with Crippen molar-refractivity contribution < 1.29 is 4.79 Å². The normalized spacial score (nSPS) is 17.6. The van der Waals surface area contributed by atoms with Crippen molar-refractivity contribution in [3.8, 4) is 0 Å². The van der Waals surface area contributed by atoms with E-state index in [2.05, 4.69) is 60.2 Å². The van der Waals surface area contributed by atoms with Crippen LogP contribution in [0.1, 0.15) is 38.3 Å². The zero-order valence-corrected chi connectivity index (χ0v) is 16.0. The first-order valence-electron chi connectivity index (χ1n) is 9.53. The molecule has 140 valence electrons. The van der Waals surface area contributed by atoms with Gasteiger partial charge in [-0.05, 0) is 30.0 Å². The molecule has 1 aromatic rings. The fraction of sp³-hybridized carbons (Fsp3) is 0.650. The van der Waals surface area contributed by atoms with E-state index in [0.717, 1.165) is 51.3 Å². The van der Waals surface area contributed by atoms with E-state index >= 15 is 0 Å². The second kappa shape index (κ2) is 9.90. The number of likely N-dealkylation sites (N-methyl/N-ethyl adjacent to an activating group) is 1. The maximum Gasteiger partial charge on any atom is 0.237 e. The van der Waals surface area contributed by atoms with Crippen molar-refractivity contribution in [1.29, 1.82) is 0 Å². The van der Waals surface area contributed by atoms with Crippen molar-refractivity contribution in [2.24, 2.45) is 11.7 Å². The van der Waals surface area contributed by atoms with E-state index in [-0.39, 0.29) is 5.91 Å². The minimum atomic E-state index is -0.416. The summed E-state index contributed by atoms with van der Waals surface area (Å²) >= 11 is 0. The van der Waals surface area contributed by atoms with Crippen LogP contribution in [-0.2, 0) is 17.9 Å². The molecule has 0 bridgehead atoms. The lowest BCUT2D eigenvalue weighted by Gasteiger charge is -2.34. The summed E-state index contributed by atoms with van der Waals surface area (Å²) in [5.41, 5.74) is 8.35. The summed E-state index contributed by atoms with van der Waals surface area (Å²) in [6.45, 7) is 13.7. The highest BCUT2D eigenvalue weighted by molar-refractivity contribution is 5.81. The van der Waals surface area contributed by atoms with Gasteiger partial charge in [0.25, 0.3) is 0 Å².